The van der Waals surface area contributed by atoms with Crippen LogP contribution in [0.3, 0.4) is 0 Å². The van der Waals surface area contributed by atoms with Gasteiger partial charge in [0.05, 0.1) is 13.2 Å². The predicted octanol–water partition coefficient (Wildman–Crippen LogP) is 4.24. The molecule has 0 fully saturated rings. The van der Waals surface area contributed by atoms with Crippen LogP contribution in [-0.2, 0) is 6.42 Å². The van der Waals surface area contributed by atoms with E-state index in [0.717, 1.165) is 28.0 Å². The van der Waals surface area contributed by atoms with E-state index in [9.17, 15) is 5.11 Å². The molecule has 0 spiro atoms. The van der Waals surface area contributed by atoms with Crippen LogP contribution in [0.15, 0.2) is 36.4 Å². The van der Waals surface area contributed by atoms with Crippen LogP contribution in [0.2, 0.25) is 5.02 Å². The van der Waals surface area contributed by atoms with Gasteiger partial charge in [0.2, 0.25) is 0 Å². The second-order valence-electron chi connectivity index (χ2n) is 4.99. The molecular weight excluding hydrogens is 272 g/mol. The summed E-state index contributed by atoms with van der Waals surface area (Å²) in [7, 11) is 1.63. The number of halogens is 1. The first kappa shape index (κ1) is 14.9. The Hall–Kier alpha value is -1.51. The third kappa shape index (κ3) is 3.14. The minimum Gasteiger partial charge on any atom is -0.496 e. The van der Waals surface area contributed by atoms with Gasteiger partial charge in [-0.3, -0.25) is 0 Å². The van der Waals surface area contributed by atoms with Crippen molar-refractivity contribution in [1.29, 1.82) is 0 Å². The van der Waals surface area contributed by atoms with E-state index >= 15 is 0 Å². The van der Waals surface area contributed by atoms with Gasteiger partial charge in [0.25, 0.3) is 0 Å². The first-order valence-corrected chi connectivity index (χ1v) is 6.97. The summed E-state index contributed by atoms with van der Waals surface area (Å²) in [6.07, 6.45) is -0.162. The van der Waals surface area contributed by atoms with Gasteiger partial charge in [-0.2, -0.15) is 0 Å². The van der Waals surface area contributed by atoms with Crippen molar-refractivity contribution in [2.45, 2.75) is 26.4 Å². The fraction of sp³-hybridized carbons (Fsp3) is 0.294. The molecule has 0 aliphatic carbocycles. The van der Waals surface area contributed by atoms with Crippen molar-refractivity contribution in [3.63, 3.8) is 0 Å². The van der Waals surface area contributed by atoms with Gasteiger partial charge in [-0.15, -0.1) is 0 Å². The number of para-hydroxylation sites is 1. The lowest BCUT2D eigenvalue weighted by molar-refractivity contribution is 0.177. The highest BCUT2D eigenvalue weighted by molar-refractivity contribution is 6.31. The lowest BCUT2D eigenvalue weighted by atomic mass is 9.97. The number of ether oxygens (including phenoxy) is 1. The number of methoxy groups -OCH3 is 1. The molecule has 0 bridgehead atoms. The Balaban J connectivity index is 2.28. The molecule has 0 amide bonds. The maximum Gasteiger partial charge on any atom is 0.122 e. The van der Waals surface area contributed by atoms with Crippen molar-refractivity contribution in [3.05, 3.63) is 63.7 Å². The third-order valence-corrected chi connectivity index (χ3v) is 3.91. The number of aliphatic hydroxyl groups is 1. The van der Waals surface area contributed by atoms with Gasteiger partial charge >= 0.3 is 0 Å². The molecule has 3 heteroatoms. The summed E-state index contributed by atoms with van der Waals surface area (Å²) in [6.45, 7) is 4.03. The molecular formula is C17H19ClO2. The van der Waals surface area contributed by atoms with Gasteiger partial charge in [-0.1, -0.05) is 35.9 Å². The Morgan fingerprint density at radius 2 is 1.80 bits per heavy atom. The minimum absolute atomic E-state index is 0.478. The van der Waals surface area contributed by atoms with Gasteiger partial charge in [0, 0.05) is 11.4 Å². The van der Waals surface area contributed by atoms with Crippen LogP contribution in [-0.4, -0.2) is 12.2 Å². The largest absolute Gasteiger partial charge is 0.496 e. The molecule has 106 valence electrons. The van der Waals surface area contributed by atoms with E-state index in [4.69, 9.17) is 16.3 Å². The molecule has 1 unspecified atom stereocenters. The first-order chi connectivity index (χ1) is 9.52. The van der Waals surface area contributed by atoms with Crippen molar-refractivity contribution >= 4 is 11.6 Å². The highest BCUT2D eigenvalue weighted by Crippen LogP contribution is 2.30. The zero-order valence-electron chi connectivity index (χ0n) is 12.0. The molecule has 0 aromatic heterocycles. The maximum atomic E-state index is 10.5. The SMILES string of the molecule is COc1ccccc1CC(O)c1cc(C)c(C)cc1Cl. The Kier molecular flexibility index (Phi) is 4.69. The molecule has 0 saturated carbocycles. The van der Waals surface area contributed by atoms with Crippen LogP contribution in [0.4, 0.5) is 0 Å². The van der Waals surface area contributed by atoms with E-state index in [1.807, 2.05) is 50.2 Å². The molecule has 1 atom stereocenters. The topological polar surface area (TPSA) is 29.5 Å². The lowest BCUT2D eigenvalue weighted by Gasteiger charge is -2.16. The number of aliphatic hydroxyl groups excluding tert-OH is 1. The lowest BCUT2D eigenvalue weighted by Crippen LogP contribution is -2.05. The second-order valence-corrected chi connectivity index (χ2v) is 5.40. The number of hydrogen-bond acceptors (Lipinski definition) is 2. The molecule has 2 aromatic rings. The number of aryl methyl sites for hydroxylation is 2. The normalized spacial score (nSPS) is 12.2. The molecule has 2 nitrogen and oxygen atoms in total. The van der Waals surface area contributed by atoms with Crippen LogP contribution in [0.25, 0.3) is 0 Å². The quantitative estimate of drug-likeness (QED) is 0.912. The molecule has 0 radical (unpaired) electrons. The molecule has 0 heterocycles. The van der Waals surface area contributed by atoms with Crippen molar-refractivity contribution in [1.82, 2.24) is 0 Å². The molecule has 2 aromatic carbocycles. The third-order valence-electron chi connectivity index (χ3n) is 3.58. The van der Waals surface area contributed by atoms with Crippen LogP contribution < -0.4 is 4.74 Å². The summed E-state index contributed by atoms with van der Waals surface area (Å²) in [5, 5.41) is 11.1. The van der Waals surface area contributed by atoms with Crippen molar-refractivity contribution in [3.8, 4) is 5.75 Å². The Morgan fingerprint density at radius 3 is 2.50 bits per heavy atom. The summed E-state index contributed by atoms with van der Waals surface area (Å²) >= 11 is 6.25. The standard InChI is InChI=1S/C17H19ClO2/c1-11-8-14(15(18)9-12(11)2)16(19)10-13-6-4-5-7-17(13)20-3/h4-9,16,19H,10H2,1-3H3. The van der Waals surface area contributed by atoms with Gasteiger partial charge in [0.15, 0.2) is 0 Å². The summed E-state index contributed by atoms with van der Waals surface area (Å²) in [6, 6.07) is 11.6. The summed E-state index contributed by atoms with van der Waals surface area (Å²) < 4.78 is 5.31. The van der Waals surface area contributed by atoms with Crippen LogP contribution in [0, 0.1) is 13.8 Å². The average Bonchev–Trinajstić information content (AvgIpc) is 2.43. The molecule has 0 aliphatic heterocycles. The summed E-state index contributed by atoms with van der Waals surface area (Å²) in [5.41, 5.74) is 3.99. The molecule has 0 saturated heterocycles. The molecule has 1 N–H and O–H groups in total. The van der Waals surface area contributed by atoms with E-state index in [-0.39, 0.29) is 0 Å². The Bertz CT molecular complexity index is 608. The number of benzene rings is 2. The van der Waals surface area contributed by atoms with Crippen LogP contribution in [0.1, 0.15) is 28.4 Å². The fourth-order valence-corrected chi connectivity index (χ4v) is 2.59. The van der Waals surface area contributed by atoms with Crippen molar-refractivity contribution in [2.24, 2.45) is 0 Å². The summed E-state index contributed by atoms with van der Waals surface area (Å²) in [5.74, 6) is 0.784. The zero-order valence-corrected chi connectivity index (χ0v) is 12.7. The van der Waals surface area contributed by atoms with Gasteiger partial charge < -0.3 is 9.84 Å². The van der Waals surface area contributed by atoms with Crippen LogP contribution in [0.5, 0.6) is 5.75 Å². The van der Waals surface area contributed by atoms with Gasteiger partial charge in [-0.05, 0) is 48.2 Å². The Labute approximate surface area is 125 Å². The fourth-order valence-electron chi connectivity index (χ4n) is 2.25. The Morgan fingerprint density at radius 1 is 1.15 bits per heavy atom. The van der Waals surface area contributed by atoms with Gasteiger partial charge in [0.1, 0.15) is 5.75 Å². The van der Waals surface area contributed by atoms with Crippen molar-refractivity contribution < 1.29 is 9.84 Å². The van der Waals surface area contributed by atoms with E-state index in [1.54, 1.807) is 7.11 Å². The predicted molar refractivity (Wildman–Crippen MR) is 82.6 cm³/mol. The van der Waals surface area contributed by atoms with Crippen LogP contribution >= 0.6 is 11.6 Å². The second kappa shape index (κ2) is 6.29. The van der Waals surface area contributed by atoms with E-state index in [1.165, 1.54) is 0 Å². The highest BCUT2D eigenvalue weighted by Gasteiger charge is 2.15. The average molecular weight is 291 g/mol. The number of hydrogen-bond donors (Lipinski definition) is 1. The minimum atomic E-state index is -0.641. The molecule has 20 heavy (non-hydrogen) atoms. The van der Waals surface area contributed by atoms with E-state index in [2.05, 4.69) is 0 Å². The highest BCUT2D eigenvalue weighted by atomic mass is 35.5. The van der Waals surface area contributed by atoms with E-state index < -0.39 is 6.10 Å². The molecule has 0 aliphatic rings. The molecule has 2 rings (SSSR count). The summed E-state index contributed by atoms with van der Waals surface area (Å²) in [4.78, 5) is 0. The maximum absolute atomic E-state index is 10.5. The first-order valence-electron chi connectivity index (χ1n) is 6.59. The smallest absolute Gasteiger partial charge is 0.122 e. The van der Waals surface area contributed by atoms with Gasteiger partial charge in [-0.25, -0.2) is 0 Å². The van der Waals surface area contributed by atoms with Crippen molar-refractivity contribution in [2.75, 3.05) is 7.11 Å². The van der Waals surface area contributed by atoms with E-state index in [0.29, 0.717) is 11.4 Å². The number of rotatable bonds is 4. The monoisotopic (exact) mass is 290 g/mol. The zero-order chi connectivity index (χ0) is 14.7.